The lowest BCUT2D eigenvalue weighted by atomic mass is 9.96. The van der Waals surface area contributed by atoms with E-state index in [1.807, 2.05) is 50.2 Å². The normalized spacial score (nSPS) is 19.1. The van der Waals surface area contributed by atoms with Crippen molar-refractivity contribution in [1.29, 1.82) is 5.26 Å². The average Bonchev–Trinajstić information content (AvgIpc) is 3.21. The number of rotatable bonds is 6. The quantitative estimate of drug-likeness (QED) is 0.651. The van der Waals surface area contributed by atoms with Crippen LogP contribution in [0.3, 0.4) is 0 Å². The molecular weight excluding hydrogens is 423 g/mol. The van der Waals surface area contributed by atoms with E-state index in [-0.39, 0.29) is 39.4 Å². The van der Waals surface area contributed by atoms with Crippen LogP contribution < -0.4 is 5.56 Å². The number of hydrogen-bond acceptors (Lipinski definition) is 4. The Hall–Kier alpha value is -2.55. The first-order chi connectivity index (χ1) is 14.1. The van der Waals surface area contributed by atoms with Crippen molar-refractivity contribution in [3.05, 3.63) is 73.5 Å². The van der Waals surface area contributed by atoms with Gasteiger partial charge >= 0.3 is 0 Å². The molecule has 2 atom stereocenters. The Kier molecular flexibility index (Phi) is 6.12. The van der Waals surface area contributed by atoms with E-state index >= 15 is 0 Å². The fraction of sp³-hybridized carbons (Fsp3) is 0.348. The van der Waals surface area contributed by atoms with E-state index in [0.717, 1.165) is 10.1 Å². The largest absolute Gasteiger partial charge is 0.494 e. The number of nitrogens with zero attached hydrogens (tertiary/aromatic N) is 2. The Balaban J connectivity index is 2.05. The SMILES string of the molecule is Cc1c(C(=O)C2C(C=C(Cl)Cl)C2(C)C)c(O)n(CCc2ccccc2)c(=O)c1C#N. The predicted octanol–water partition coefficient (Wildman–Crippen LogP) is 4.75. The first-order valence-electron chi connectivity index (χ1n) is 9.58. The van der Waals surface area contributed by atoms with Crippen molar-refractivity contribution in [3.63, 3.8) is 0 Å². The molecule has 2 aromatic rings. The standard InChI is InChI=1S/C23H22Cl2N2O3/c1-13-15(12-26)21(29)27(10-9-14-7-5-4-6-8-14)22(30)18(13)20(28)19-16(11-17(24)25)23(19,2)3/h4-8,11,16,19,30H,9-10H2,1-3H3. The molecule has 3 rings (SSSR count). The van der Waals surface area contributed by atoms with Gasteiger partial charge in [-0.3, -0.25) is 14.2 Å². The molecule has 1 aromatic carbocycles. The van der Waals surface area contributed by atoms with E-state index in [1.165, 1.54) is 6.92 Å². The second-order valence-corrected chi connectivity index (χ2v) is 9.16. The number of nitriles is 1. The van der Waals surface area contributed by atoms with Crippen LogP contribution in [0, 0.1) is 35.5 Å². The molecule has 5 nitrogen and oxygen atoms in total. The van der Waals surface area contributed by atoms with Gasteiger partial charge in [0.05, 0.1) is 5.56 Å². The van der Waals surface area contributed by atoms with Gasteiger partial charge < -0.3 is 5.11 Å². The fourth-order valence-electron chi connectivity index (χ4n) is 4.12. The molecule has 0 radical (unpaired) electrons. The van der Waals surface area contributed by atoms with Gasteiger partial charge in [-0.05, 0) is 41.9 Å². The molecule has 0 amide bonds. The first kappa shape index (κ1) is 22.1. The number of benzene rings is 1. The number of aromatic hydroxyl groups is 1. The summed E-state index contributed by atoms with van der Waals surface area (Å²) in [5, 5.41) is 20.4. The van der Waals surface area contributed by atoms with E-state index in [4.69, 9.17) is 23.2 Å². The van der Waals surface area contributed by atoms with Gasteiger partial charge in [0.1, 0.15) is 16.1 Å². The summed E-state index contributed by atoms with van der Waals surface area (Å²) >= 11 is 11.6. The van der Waals surface area contributed by atoms with Crippen LogP contribution in [-0.4, -0.2) is 15.5 Å². The van der Waals surface area contributed by atoms with Crippen molar-refractivity contribution in [2.45, 2.75) is 33.7 Å². The zero-order chi connectivity index (χ0) is 22.2. The number of pyridine rings is 1. The van der Waals surface area contributed by atoms with E-state index in [9.17, 15) is 20.0 Å². The lowest BCUT2D eigenvalue weighted by molar-refractivity contribution is 0.0946. The molecule has 1 N–H and O–H groups in total. The monoisotopic (exact) mass is 444 g/mol. The second kappa shape index (κ2) is 8.29. The van der Waals surface area contributed by atoms with Gasteiger partial charge in [0.15, 0.2) is 5.78 Å². The zero-order valence-electron chi connectivity index (χ0n) is 16.9. The highest BCUT2D eigenvalue weighted by molar-refractivity contribution is 6.55. The summed E-state index contributed by atoms with van der Waals surface area (Å²) in [6, 6.07) is 11.4. The third-order valence-corrected chi connectivity index (χ3v) is 6.26. The van der Waals surface area contributed by atoms with Crippen molar-refractivity contribution in [2.24, 2.45) is 17.3 Å². The lowest BCUT2D eigenvalue weighted by Crippen LogP contribution is -2.28. The molecule has 1 fully saturated rings. The van der Waals surface area contributed by atoms with Crippen LogP contribution in [0.4, 0.5) is 0 Å². The molecule has 30 heavy (non-hydrogen) atoms. The Morgan fingerprint density at radius 3 is 2.50 bits per heavy atom. The van der Waals surface area contributed by atoms with E-state index in [1.54, 1.807) is 6.08 Å². The smallest absolute Gasteiger partial charge is 0.271 e. The van der Waals surface area contributed by atoms with Crippen molar-refractivity contribution in [3.8, 4) is 11.9 Å². The average molecular weight is 445 g/mol. The highest BCUT2D eigenvalue weighted by Crippen LogP contribution is 2.61. The summed E-state index contributed by atoms with van der Waals surface area (Å²) in [5.41, 5.74) is 0.0479. The summed E-state index contributed by atoms with van der Waals surface area (Å²) in [7, 11) is 0. The molecule has 0 saturated heterocycles. The van der Waals surface area contributed by atoms with Crippen LogP contribution in [0.5, 0.6) is 5.88 Å². The Labute approximate surface area is 185 Å². The maximum absolute atomic E-state index is 13.4. The van der Waals surface area contributed by atoms with Crippen LogP contribution in [0.2, 0.25) is 0 Å². The number of aryl methyl sites for hydroxylation is 1. The van der Waals surface area contributed by atoms with Crippen LogP contribution >= 0.6 is 23.2 Å². The molecule has 1 aromatic heterocycles. The third-order valence-electron chi connectivity index (χ3n) is 6.01. The predicted molar refractivity (Wildman–Crippen MR) is 117 cm³/mol. The summed E-state index contributed by atoms with van der Waals surface area (Å²) in [6.45, 7) is 5.49. The minimum Gasteiger partial charge on any atom is -0.494 e. The van der Waals surface area contributed by atoms with E-state index in [2.05, 4.69) is 0 Å². The molecule has 1 aliphatic carbocycles. The van der Waals surface area contributed by atoms with Gasteiger partial charge in [0, 0.05) is 12.5 Å². The van der Waals surface area contributed by atoms with Gasteiger partial charge in [0.25, 0.3) is 5.56 Å². The fourth-order valence-corrected chi connectivity index (χ4v) is 4.39. The van der Waals surface area contributed by atoms with Gasteiger partial charge in [-0.25, -0.2) is 0 Å². The molecule has 0 spiro atoms. The number of hydrogen-bond donors (Lipinski definition) is 1. The maximum Gasteiger partial charge on any atom is 0.271 e. The van der Waals surface area contributed by atoms with Crippen LogP contribution in [0.25, 0.3) is 0 Å². The molecule has 2 unspecified atom stereocenters. The van der Waals surface area contributed by atoms with Crippen molar-refractivity contribution < 1.29 is 9.90 Å². The second-order valence-electron chi connectivity index (χ2n) is 8.15. The summed E-state index contributed by atoms with van der Waals surface area (Å²) in [6.07, 6.45) is 2.09. The van der Waals surface area contributed by atoms with E-state index < -0.39 is 22.8 Å². The minimum atomic E-state index is -0.602. The lowest BCUT2D eigenvalue weighted by Gasteiger charge is -2.16. The summed E-state index contributed by atoms with van der Waals surface area (Å²) in [5.74, 6) is -1.37. The number of allylic oxidation sites excluding steroid dienone is 1. The highest BCUT2D eigenvalue weighted by atomic mass is 35.5. The molecule has 0 aliphatic heterocycles. The zero-order valence-corrected chi connectivity index (χ0v) is 18.5. The molecule has 156 valence electrons. The van der Waals surface area contributed by atoms with Crippen molar-refractivity contribution >= 4 is 29.0 Å². The number of ketones is 1. The Morgan fingerprint density at radius 1 is 1.30 bits per heavy atom. The molecule has 0 bridgehead atoms. The van der Waals surface area contributed by atoms with Crippen LogP contribution in [0.1, 0.15) is 40.9 Å². The minimum absolute atomic E-state index is 0.0129. The first-order valence-corrected chi connectivity index (χ1v) is 10.3. The Bertz CT molecular complexity index is 1120. The van der Waals surface area contributed by atoms with Crippen LogP contribution in [0.15, 0.2) is 45.7 Å². The van der Waals surface area contributed by atoms with Gasteiger partial charge in [-0.15, -0.1) is 0 Å². The Morgan fingerprint density at radius 2 is 1.93 bits per heavy atom. The van der Waals surface area contributed by atoms with Gasteiger partial charge in [-0.2, -0.15) is 5.26 Å². The molecule has 1 saturated carbocycles. The number of Topliss-reactive ketones (excluding diaryl/α,β-unsaturated/α-hetero) is 1. The molecular formula is C23H22Cl2N2O3. The van der Waals surface area contributed by atoms with Crippen molar-refractivity contribution in [1.82, 2.24) is 4.57 Å². The van der Waals surface area contributed by atoms with Crippen LogP contribution in [-0.2, 0) is 13.0 Å². The third kappa shape index (κ3) is 3.90. The van der Waals surface area contributed by atoms with Crippen molar-refractivity contribution in [2.75, 3.05) is 0 Å². The highest BCUT2D eigenvalue weighted by Gasteiger charge is 2.61. The number of carbonyl (C=O) groups is 1. The molecule has 1 aliphatic rings. The van der Waals surface area contributed by atoms with Gasteiger partial charge in [-0.1, -0.05) is 67.4 Å². The number of aromatic nitrogens is 1. The topological polar surface area (TPSA) is 83.1 Å². The maximum atomic E-state index is 13.4. The van der Waals surface area contributed by atoms with Gasteiger partial charge in [0.2, 0.25) is 5.88 Å². The number of halogens is 2. The molecule has 7 heteroatoms. The number of carbonyl (C=O) groups excluding carboxylic acids is 1. The summed E-state index contributed by atoms with van der Waals surface area (Å²) in [4.78, 5) is 26.1. The summed E-state index contributed by atoms with van der Waals surface area (Å²) < 4.78 is 1.19. The van der Waals surface area contributed by atoms with E-state index in [0.29, 0.717) is 6.42 Å². The molecule has 1 heterocycles.